The lowest BCUT2D eigenvalue weighted by molar-refractivity contribution is -0.673. The molecule has 86 valence electrons. The molecule has 0 bridgehead atoms. The van der Waals surface area contributed by atoms with Crippen molar-refractivity contribution in [1.29, 1.82) is 0 Å². The smallest absolute Gasteiger partial charge is 0.202 e. The number of aryl methyl sites for hydroxylation is 1. The Morgan fingerprint density at radius 2 is 1.76 bits per heavy atom. The molecule has 17 heavy (non-hydrogen) atoms. The lowest BCUT2D eigenvalue weighted by Gasteiger charge is -1.97. The molecule has 0 atom stereocenters. The first kappa shape index (κ1) is 11.9. The van der Waals surface area contributed by atoms with Crippen LogP contribution in [0, 0.1) is 0 Å². The van der Waals surface area contributed by atoms with E-state index in [2.05, 4.69) is 72.6 Å². The molecule has 2 aromatic rings. The third-order valence-electron chi connectivity index (χ3n) is 2.66. The van der Waals surface area contributed by atoms with Gasteiger partial charge in [0.15, 0.2) is 6.20 Å². The van der Waals surface area contributed by atoms with Crippen LogP contribution in [-0.4, -0.2) is 6.26 Å². The molecule has 1 nitrogen and oxygen atoms in total. The van der Waals surface area contributed by atoms with Crippen LogP contribution in [0.25, 0.3) is 12.2 Å². The van der Waals surface area contributed by atoms with Crippen LogP contribution in [0.1, 0.15) is 11.3 Å². The Balaban J connectivity index is 2.17. The van der Waals surface area contributed by atoms with Crippen LogP contribution in [0.3, 0.4) is 0 Å². The predicted molar refractivity (Wildman–Crippen MR) is 74.8 cm³/mol. The van der Waals surface area contributed by atoms with E-state index >= 15 is 0 Å². The van der Waals surface area contributed by atoms with Crippen LogP contribution in [0.15, 0.2) is 53.6 Å². The number of benzene rings is 1. The molecule has 1 aromatic carbocycles. The quantitative estimate of drug-likeness (QED) is 0.589. The molecule has 0 radical (unpaired) electrons. The van der Waals surface area contributed by atoms with Gasteiger partial charge in [-0.1, -0.05) is 12.1 Å². The van der Waals surface area contributed by atoms with Crippen molar-refractivity contribution in [3.63, 3.8) is 0 Å². The zero-order chi connectivity index (χ0) is 12.1. The van der Waals surface area contributed by atoms with Crippen molar-refractivity contribution in [2.24, 2.45) is 7.05 Å². The highest BCUT2D eigenvalue weighted by Gasteiger charge is 1.98. The molecule has 0 spiro atoms. The highest BCUT2D eigenvalue weighted by molar-refractivity contribution is 7.98. The van der Waals surface area contributed by atoms with E-state index in [1.165, 1.54) is 16.2 Å². The average Bonchev–Trinajstić information content (AvgIpc) is 2.38. The molecule has 0 N–H and O–H groups in total. The molecule has 2 rings (SSSR count). The van der Waals surface area contributed by atoms with Gasteiger partial charge < -0.3 is 0 Å². The topological polar surface area (TPSA) is 3.88 Å². The highest BCUT2D eigenvalue weighted by atomic mass is 32.2. The fourth-order valence-electron chi connectivity index (χ4n) is 1.61. The molecule has 0 saturated heterocycles. The number of hydrogen-bond donors (Lipinski definition) is 0. The summed E-state index contributed by atoms with van der Waals surface area (Å²) < 4.78 is 2.10. The fourth-order valence-corrected chi connectivity index (χ4v) is 2.01. The first-order valence-corrected chi connectivity index (χ1v) is 6.79. The molecule has 0 aliphatic carbocycles. The SMILES string of the molecule is CSc1ccc(C=Cc2cccc[n+]2C)cc1. The third-order valence-corrected chi connectivity index (χ3v) is 3.40. The number of nitrogens with zero attached hydrogens (tertiary/aromatic N) is 1. The monoisotopic (exact) mass is 242 g/mol. The van der Waals surface area contributed by atoms with Gasteiger partial charge in [-0.05, 0) is 36.1 Å². The van der Waals surface area contributed by atoms with Crippen molar-refractivity contribution in [1.82, 2.24) is 0 Å². The molecular weight excluding hydrogens is 226 g/mol. The maximum absolute atomic E-state index is 2.15. The second-order valence-corrected chi connectivity index (χ2v) is 4.72. The molecule has 2 heteroatoms. The molecule has 0 amide bonds. The second kappa shape index (κ2) is 5.69. The van der Waals surface area contributed by atoms with E-state index in [-0.39, 0.29) is 0 Å². The molecular formula is C15H16NS+. The maximum Gasteiger partial charge on any atom is 0.204 e. The first-order chi connectivity index (χ1) is 8.29. The van der Waals surface area contributed by atoms with Crippen molar-refractivity contribution in [3.8, 4) is 0 Å². The predicted octanol–water partition coefficient (Wildman–Crippen LogP) is 3.40. The second-order valence-electron chi connectivity index (χ2n) is 3.84. The Hall–Kier alpha value is -1.54. The Labute approximate surface area is 107 Å². The fraction of sp³-hybridized carbons (Fsp3) is 0.133. The summed E-state index contributed by atoms with van der Waals surface area (Å²) in [6.45, 7) is 0. The van der Waals surface area contributed by atoms with Crippen LogP contribution >= 0.6 is 11.8 Å². The van der Waals surface area contributed by atoms with Gasteiger partial charge in [0.2, 0.25) is 5.69 Å². The molecule has 1 aromatic heterocycles. The van der Waals surface area contributed by atoms with Gasteiger partial charge in [0.1, 0.15) is 7.05 Å². The van der Waals surface area contributed by atoms with Crippen molar-refractivity contribution < 1.29 is 4.57 Å². The summed E-state index contributed by atoms with van der Waals surface area (Å²) in [5.74, 6) is 0. The summed E-state index contributed by atoms with van der Waals surface area (Å²) >= 11 is 1.77. The third kappa shape index (κ3) is 3.21. The lowest BCUT2D eigenvalue weighted by atomic mass is 10.2. The van der Waals surface area contributed by atoms with E-state index in [1.54, 1.807) is 11.8 Å². The summed E-state index contributed by atoms with van der Waals surface area (Å²) in [4.78, 5) is 1.30. The van der Waals surface area contributed by atoms with Crippen molar-refractivity contribution in [3.05, 3.63) is 59.9 Å². The van der Waals surface area contributed by atoms with Crippen LogP contribution in [0.2, 0.25) is 0 Å². The minimum atomic E-state index is 1.20. The number of pyridine rings is 1. The largest absolute Gasteiger partial charge is 0.204 e. The number of aromatic nitrogens is 1. The zero-order valence-electron chi connectivity index (χ0n) is 10.1. The number of rotatable bonds is 3. The Morgan fingerprint density at radius 1 is 1.00 bits per heavy atom. The van der Waals surface area contributed by atoms with Crippen LogP contribution in [0.4, 0.5) is 0 Å². The Morgan fingerprint density at radius 3 is 2.41 bits per heavy atom. The summed E-state index contributed by atoms with van der Waals surface area (Å²) in [6.07, 6.45) is 8.42. The molecule has 0 aliphatic rings. The van der Waals surface area contributed by atoms with E-state index in [9.17, 15) is 0 Å². The minimum Gasteiger partial charge on any atom is -0.202 e. The van der Waals surface area contributed by atoms with Gasteiger partial charge in [-0.15, -0.1) is 11.8 Å². The molecule has 1 heterocycles. The van der Waals surface area contributed by atoms with Gasteiger partial charge >= 0.3 is 0 Å². The maximum atomic E-state index is 2.15. The van der Waals surface area contributed by atoms with Crippen molar-refractivity contribution in [2.45, 2.75) is 4.90 Å². The van der Waals surface area contributed by atoms with Gasteiger partial charge in [-0.25, -0.2) is 4.57 Å². The molecule has 0 aliphatic heterocycles. The minimum absolute atomic E-state index is 1.20. The van der Waals surface area contributed by atoms with E-state index < -0.39 is 0 Å². The van der Waals surface area contributed by atoms with Gasteiger partial charge in [-0.2, -0.15) is 0 Å². The summed E-state index contributed by atoms with van der Waals surface area (Å²) in [6, 6.07) is 14.8. The van der Waals surface area contributed by atoms with E-state index in [4.69, 9.17) is 0 Å². The van der Waals surface area contributed by atoms with Gasteiger partial charge in [0, 0.05) is 23.1 Å². The standard InChI is InChI=1S/C15H16NS/c1-16-12-4-3-5-14(16)9-6-13-7-10-15(17-2)11-8-13/h3-12H,1-2H3/q+1. The van der Waals surface area contributed by atoms with Crippen molar-refractivity contribution in [2.75, 3.05) is 6.26 Å². The highest BCUT2D eigenvalue weighted by Crippen LogP contribution is 2.15. The van der Waals surface area contributed by atoms with E-state index in [0.29, 0.717) is 0 Å². The Kier molecular flexibility index (Phi) is 3.99. The molecule has 0 fully saturated rings. The normalized spacial score (nSPS) is 10.9. The summed E-state index contributed by atoms with van der Waals surface area (Å²) in [7, 11) is 2.05. The number of hydrogen-bond acceptors (Lipinski definition) is 1. The van der Waals surface area contributed by atoms with Crippen molar-refractivity contribution >= 4 is 23.9 Å². The van der Waals surface area contributed by atoms with E-state index in [1.807, 2.05) is 6.07 Å². The van der Waals surface area contributed by atoms with Crippen LogP contribution < -0.4 is 4.57 Å². The first-order valence-electron chi connectivity index (χ1n) is 5.56. The van der Waals surface area contributed by atoms with Gasteiger partial charge in [0.25, 0.3) is 0 Å². The van der Waals surface area contributed by atoms with Gasteiger partial charge in [0.05, 0.1) is 0 Å². The van der Waals surface area contributed by atoms with Crippen LogP contribution in [0.5, 0.6) is 0 Å². The molecule has 0 unspecified atom stereocenters. The number of thioether (sulfide) groups is 1. The summed E-state index contributed by atoms with van der Waals surface area (Å²) in [5, 5.41) is 0. The van der Waals surface area contributed by atoms with Gasteiger partial charge in [-0.3, -0.25) is 0 Å². The Bertz CT molecular complexity index is 515. The zero-order valence-corrected chi connectivity index (χ0v) is 10.9. The van der Waals surface area contributed by atoms with Crippen LogP contribution in [-0.2, 0) is 7.05 Å². The van der Waals surface area contributed by atoms with E-state index in [0.717, 1.165) is 0 Å². The molecule has 0 saturated carbocycles. The summed E-state index contributed by atoms with van der Waals surface area (Å²) in [5.41, 5.74) is 2.42. The average molecular weight is 242 g/mol. The lowest BCUT2D eigenvalue weighted by Crippen LogP contribution is -2.30.